The lowest BCUT2D eigenvalue weighted by Gasteiger charge is -2.50. The fourth-order valence-corrected chi connectivity index (χ4v) is 6.50. The summed E-state index contributed by atoms with van der Waals surface area (Å²) in [5.41, 5.74) is 3.18. The number of aliphatic hydroxyl groups excluding tert-OH is 1. The second kappa shape index (κ2) is 10.1. The molecule has 3 aliphatic rings. The molecule has 0 bridgehead atoms. The van der Waals surface area contributed by atoms with Gasteiger partial charge in [0.25, 0.3) is 0 Å². The van der Waals surface area contributed by atoms with E-state index in [1.165, 1.54) is 10.9 Å². The number of benzene rings is 1. The number of carbonyl (C=O) groups excluding carboxylic acids is 1. The monoisotopic (exact) mass is 484 g/mol. The molecule has 1 aromatic heterocycles. The van der Waals surface area contributed by atoms with E-state index >= 15 is 0 Å². The molecule has 2 N–H and O–H groups in total. The fourth-order valence-electron chi connectivity index (χ4n) is 6.50. The van der Waals surface area contributed by atoms with Gasteiger partial charge in [-0.1, -0.05) is 0 Å². The lowest BCUT2D eigenvalue weighted by molar-refractivity contribution is -0.138. The van der Waals surface area contributed by atoms with Crippen LogP contribution in [0.3, 0.4) is 0 Å². The van der Waals surface area contributed by atoms with Crippen molar-refractivity contribution < 1.29 is 19.4 Å². The third-order valence-electron chi connectivity index (χ3n) is 8.36. The Morgan fingerprint density at radius 1 is 1.26 bits per heavy atom. The highest BCUT2D eigenvalue weighted by molar-refractivity contribution is 5.89. The summed E-state index contributed by atoms with van der Waals surface area (Å²) in [5.74, 6) is 1.59. The molecule has 2 saturated heterocycles. The lowest BCUT2D eigenvalue weighted by atomic mass is 9.68. The Kier molecular flexibility index (Phi) is 7.08. The number of piperidine rings is 1. The number of nitrogens with one attached hydrogen (secondary N) is 1. The normalized spacial score (nSPS) is 23.2. The number of carbonyl (C=O) groups is 1. The number of rotatable bonds is 6. The SMILES string of the molecule is COc1ccc2c3c([nH]c2c1)[C@H](CO)N(C(=O)CN(C)C)CC31CCN(CC2CCOCC2)CC1. The maximum atomic E-state index is 13.4. The van der Waals surface area contributed by atoms with Crippen molar-refractivity contribution in [3.8, 4) is 5.75 Å². The molecule has 8 heteroatoms. The van der Waals surface area contributed by atoms with Gasteiger partial charge in [0.05, 0.1) is 26.3 Å². The average molecular weight is 485 g/mol. The molecule has 35 heavy (non-hydrogen) atoms. The van der Waals surface area contributed by atoms with Gasteiger partial charge in [0, 0.05) is 54.4 Å². The number of hydrogen-bond acceptors (Lipinski definition) is 6. The molecule has 0 radical (unpaired) electrons. The standard InChI is InChI=1S/C27H40N4O4/c1-29(2)16-24(33)31-18-27(8-10-30(11-9-27)15-19-6-12-35-13-7-19)25-21-5-4-20(34-3)14-22(21)28-26(25)23(31)17-32/h4-5,14,19,23,28,32H,6-13,15-18H2,1-3H3/t23-/m0/s1. The van der Waals surface area contributed by atoms with Gasteiger partial charge in [-0.15, -0.1) is 0 Å². The first-order chi connectivity index (χ1) is 16.9. The van der Waals surface area contributed by atoms with Crippen LogP contribution in [-0.4, -0.2) is 104 Å². The first kappa shape index (κ1) is 24.6. The number of methoxy groups -OCH3 is 1. The van der Waals surface area contributed by atoms with Crippen molar-refractivity contribution in [2.24, 2.45) is 5.92 Å². The number of aromatic nitrogens is 1. The summed E-state index contributed by atoms with van der Waals surface area (Å²) in [6, 6.07) is 5.83. The number of likely N-dealkylation sites (N-methyl/N-ethyl adjacent to an activating group) is 1. The molecule has 1 amide bonds. The number of aromatic amines is 1. The summed E-state index contributed by atoms with van der Waals surface area (Å²) in [6.45, 7) is 5.86. The first-order valence-electron chi connectivity index (χ1n) is 13.0. The minimum atomic E-state index is -0.360. The summed E-state index contributed by atoms with van der Waals surface area (Å²) in [5, 5.41) is 11.6. The van der Waals surface area contributed by atoms with E-state index in [-0.39, 0.29) is 24.0 Å². The van der Waals surface area contributed by atoms with Crippen LogP contribution in [0.15, 0.2) is 18.2 Å². The van der Waals surface area contributed by atoms with Crippen LogP contribution in [0.5, 0.6) is 5.75 Å². The van der Waals surface area contributed by atoms with Crippen molar-refractivity contribution in [3.05, 3.63) is 29.5 Å². The molecule has 0 unspecified atom stereocenters. The summed E-state index contributed by atoms with van der Waals surface area (Å²) in [7, 11) is 5.51. The highest BCUT2D eigenvalue weighted by atomic mass is 16.5. The summed E-state index contributed by atoms with van der Waals surface area (Å²) in [6.07, 6.45) is 4.32. The van der Waals surface area contributed by atoms with Gasteiger partial charge in [-0.3, -0.25) is 4.79 Å². The van der Waals surface area contributed by atoms with Crippen LogP contribution in [0.4, 0.5) is 0 Å². The maximum Gasteiger partial charge on any atom is 0.237 e. The molecule has 2 aromatic rings. The number of amides is 1. The zero-order valence-electron chi connectivity index (χ0n) is 21.4. The molecule has 192 valence electrons. The Hall–Kier alpha value is -2.13. The van der Waals surface area contributed by atoms with E-state index < -0.39 is 0 Å². The van der Waals surface area contributed by atoms with Gasteiger partial charge in [-0.05, 0) is 76.5 Å². The molecule has 1 atom stereocenters. The molecule has 4 heterocycles. The minimum absolute atomic E-state index is 0.0694. The van der Waals surface area contributed by atoms with Crippen LogP contribution in [-0.2, 0) is 14.9 Å². The number of nitrogens with zero attached hydrogens (tertiary/aromatic N) is 3. The van der Waals surface area contributed by atoms with Crippen molar-refractivity contribution in [2.45, 2.75) is 37.1 Å². The van der Waals surface area contributed by atoms with Crippen molar-refractivity contribution in [1.29, 1.82) is 0 Å². The quantitative estimate of drug-likeness (QED) is 0.655. The smallest absolute Gasteiger partial charge is 0.237 e. The molecule has 0 saturated carbocycles. The number of fused-ring (bicyclic) bond motifs is 4. The molecule has 2 fully saturated rings. The summed E-state index contributed by atoms with van der Waals surface area (Å²) >= 11 is 0. The Morgan fingerprint density at radius 3 is 2.66 bits per heavy atom. The molecule has 1 aromatic carbocycles. The van der Waals surface area contributed by atoms with E-state index in [4.69, 9.17) is 9.47 Å². The molecule has 3 aliphatic heterocycles. The average Bonchev–Trinajstić information content (AvgIpc) is 3.25. The molecule has 5 rings (SSSR count). The fraction of sp³-hybridized carbons (Fsp3) is 0.667. The second-order valence-electron chi connectivity index (χ2n) is 10.9. The zero-order chi connectivity index (χ0) is 24.6. The molecular formula is C27H40N4O4. The predicted octanol–water partition coefficient (Wildman–Crippen LogP) is 2.37. The highest BCUT2D eigenvalue weighted by Crippen LogP contribution is 2.49. The van der Waals surface area contributed by atoms with Crippen LogP contribution < -0.4 is 4.74 Å². The second-order valence-corrected chi connectivity index (χ2v) is 10.9. The third kappa shape index (κ3) is 4.69. The molecular weight excluding hydrogens is 444 g/mol. The molecule has 1 spiro atoms. The van der Waals surface area contributed by atoms with E-state index in [0.717, 1.165) is 81.4 Å². The molecule has 8 nitrogen and oxygen atoms in total. The van der Waals surface area contributed by atoms with Gasteiger partial charge in [0.1, 0.15) is 5.75 Å². The largest absolute Gasteiger partial charge is 0.497 e. The van der Waals surface area contributed by atoms with Gasteiger partial charge in [-0.25, -0.2) is 0 Å². The van der Waals surface area contributed by atoms with Crippen molar-refractivity contribution in [3.63, 3.8) is 0 Å². The topological polar surface area (TPSA) is 81.3 Å². The lowest BCUT2D eigenvalue weighted by Crippen LogP contribution is -2.56. The van der Waals surface area contributed by atoms with E-state index in [2.05, 4.69) is 16.0 Å². The van der Waals surface area contributed by atoms with Crippen molar-refractivity contribution in [2.75, 3.05) is 73.7 Å². The Labute approximate surface area is 208 Å². The molecule has 0 aliphatic carbocycles. The number of ether oxygens (including phenoxy) is 2. The highest BCUT2D eigenvalue weighted by Gasteiger charge is 2.48. The van der Waals surface area contributed by atoms with E-state index in [1.807, 2.05) is 36.0 Å². The summed E-state index contributed by atoms with van der Waals surface area (Å²) < 4.78 is 11.0. The number of hydrogen-bond donors (Lipinski definition) is 2. The number of likely N-dealkylation sites (tertiary alicyclic amines) is 1. The third-order valence-corrected chi connectivity index (χ3v) is 8.36. The van der Waals surface area contributed by atoms with E-state index in [0.29, 0.717) is 13.1 Å². The van der Waals surface area contributed by atoms with Gasteiger partial charge >= 0.3 is 0 Å². The van der Waals surface area contributed by atoms with Gasteiger partial charge < -0.3 is 34.3 Å². The zero-order valence-corrected chi connectivity index (χ0v) is 21.4. The Morgan fingerprint density at radius 2 is 2.00 bits per heavy atom. The number of aliphatic hydroxyl groups is 1. The van der Waals surface area contributed by atoms with Gasteiger partial charge in [0.15, 0.2) is 0 Å². The van der Waals surface area contributed by atoms with Crippen LogP contribution in [0.1, 0.15) is 43.0 Å². The van der Waals surface area contributed by atoms with Crippen LogP contribution >= 0.6 is 0 Å². The Bertz CT molecular complexity index is 1040. The Balaban J connectivity index is 1.49. The summed E-state index contributed by atoms with van der Waals surface area (Å²) in [4.78, 5) is 23.4. The number of H-pyrrole nitrogens is 1. The van der Waals surface area contributed by atoms with E-state index in [9.17, 15) is 9.90 Å². The van der Waals surface area contributed by atoms with E-state index in [1.54, 1.807) is 7.11 Å². The minimum Gasteiger partial charge on any atom is -0.497 e. The predicted molar refractivity (Wildman–Crippen MR) is 136 cm³/mol. The first-order valence-corrected chi connectivity index (χ1v) is 13.0. The van der Waals surface area contributed by atoms with Gasteiger partial charge in [0.2, 0.25) is 5.91 Å². The van der Waals surface area contributed by atoms with Crippen molar-refractivity contribution in [1.82, 2.24) is 19.7 Å². The van der Waals surface area contributed by atoms with Crippen molar-refractivity contribution >= 4 is 16.8 Å². The van der Waals surface area contributed by atoms with Crippen LogP contribution in [0.25, 0.3) is 10.9 Å². The van der Waals surface area contributed by atoms with Gasteiger partial charge in [-0.2, -0.15) is 0 Å². The van der Waals surface area contributed by atoms with Crippen LogP contribution in [0.2, 0.25) is 0 Å². The van der Waals surface area contributed by atoms with Crippen LogP contribution in [0, 0.1) is 5.92 Å². The maximum absolute atomic E-state index is 13.4.